The first-order chi connectivity index (χ1) is 10.4. The van der Waals surface area contributed by atoms with E-state index in [4.69, 9.17) is 0 Å². The molecule has 0 aliphatic carbocycles. The van der Waals surface area contributed by atoms with Crippen LogP contribution in [-0.4, -0.2) is 25.4 Å². The number of aliphatic hydroxyl groups excluding tert-OH is 1. The van der Waals surface area contributed by atoms with Crippen LogP contribution in [-0.2, 0) is 9.84 Å². The quantitative estimate of drug-likeness (QED) is 0.669. The summed E-state index contributed by atoms with van der Waals surface area (Å²) in [6.45, 7) is 9.23. The van der Waals surface area contributed by atoms with Crippen molar-refractivity contribution in [2.45, 2.75) is 37.2 Å². The average molecular weight is 322 g/mol. The lowest BCUT2D eigenvalue weighted by molar-refractivity contribution is 0.0989. The number of aliphatic hydroxyl groups is 1. The lowest BCUT2D eigenvalue weighted by Crippen LogP contribution is -2.27. The Balaban J connectivity index is 2.68. The van der Waals surface area contributed by atoms with E-state index in [-0.39, 0.29) is 17.6 Å². The SMILES string of the molecule is C=CCC(CC=C)C[C@@H](O)[C@H](C)CS(=O)(=O)c1ccccc1. The van der Waals surface area contributed by atoms with E-state index in [0.717, 1.165) is 12.8 Å². The summed E-state index contributed by atoms with van der Waals surface area (Å²) >= 11 is 0. The van der Waals surface area contributed by atoms with Crippen molar-refractivity contribution >= 4 is 9.84 Å². The summed E-state index contributed by atoms with van der Waals surface area (Å²) in [5, 5.41) is 10.3. The summed E-state index contributed by atoms with van der Waals surface area (Å²) in [5.41, 5.74) is 0. The number of benzene rings is 1. The molecule has 0 aliphatic rings. The highest BCUT2D eigenvalue weighted by Crippen LogP contribution is 2.23. The molecule has 0 heterocycles. The van der Waals surface area contributed by atoms with E-state index in [1.54, 1.807) is 37.3 Å². The standard InChI is InChI=1S/C18H26O3S/c1-4-9-16(10-5-2)13-18(19)15(3)14-22(20,21)17-11-7-6-8-12-17/h4-8,11-12,15-16,18-19H,1-2,9-10,13-14H2,3H3/t15-,18-/m1/s1. The summed E-state index contributed by atoms with van der Waals surface area (Å²) in [6, 6.07) is 8.38. The van der Waals surface area contributed by atoms with Crippen molar-refractivity contribution in [2.75, 3.05) is 5.75 Å². The predicted octanol–water partition coefficient (Wildman–Crippen LogP) is 3.62. The second-order valence-corrected chi connectivity index (χ2v) is 7.82. The van der Waals surface area contributed by atoms with Crippen molar-refractivity contribution < 1.29 is 13.5 Å². The summed E-state index contributed by atoms with van der Waals surface area (Å²) in [7, 11) is -3.37. The Morgan fingerprint density at radius 3 is 2.18 bits per heavy atom. The van der Waals surface area contributed by atoms with Crippen molar-refractivity contribution in [2.24, 2.45) is 11.8 Å². The van der Waals surface area contributed by atoms with E-state index in [9.17, 15) is 13.5 Å². The van der Waals surface area contributed by atoms with Crippen molar-refractivity contribution in [3.8, 4) is 0 Å². The average Bonchev–Trinajstić information content (AvgIpc) is 2.48. The molecule has 4 heteroatoms. The number of allylic oxidation sites excluding steroid dienone is 2. The molecule has 1 aromatic carbocycles. The fraction of sp³-hybridized carbons (Fsp3) is 0.444. The molecule has 0 saturated heterocycles. The van der Waals surface area contributed by atoms with Gasteiger partial charge in [-0.1, -0.05) is 37.3 Å². The first-order valence-electron chi connectivity index (χ1n) is 7.58. The molecule has 0 aliphatic heterocycles. The van der Waals surface area contributed by atoms with Gasteiger partial charge in [0.15, 0.2) is 9.84 Å². The Labute approximate surface area is 134 Å². The minimum absolute atomic E-state index is 0.0485. The molecule has 0 fully saturated rings. The summed E-state index contributed by atoms with van der Waals surface area (Å²) in [4.78, 5) is 0.308. The van der Waals surface area contributed by atoms with Gasteiger partial charge in [0, 0.05) is 0 Å². The van der Waals surface area contributed by atoms with Gasteiger partial charge in [-0.3, -0.25) is 0 Å². The van der Waals surface area contributed by atoms with Crippen LogP contribution in [0.5, 0.6) is 0 Å². The highest BCUT2D eigenvalue weighted by Gasteiger charge is 2.25. The second-order valence-electron chi connectivity index (χ2n) is 5.79. The monoisotopic (exact) mass is 322 g/mol. The van der Waals surface area contributed by atoms with Crippen LogP contribution in [0.4, 0.5) is 0 Å². The van der Waals surface area contributed by atoms with Crippen LogP contribution in [0.3, 0.4) is 0 Å². The first-order valence-corrected chi connectivity index (χ1v) is 9.23. The molecule has 0 radical (unpaired) electrons. The fourth-order valence-corrected chi connectivity index (χ4v) is 4.19. The van der Waals surface area contributed by atoms with Gasteiger partial charge >= 0.3 is 0 Å². The lowest BCUT2D eigenvalue weighted by atomic mass is 9.90. The van der Waals surface area contributed by atoms with Gasteiger partial charge in [0.05, 0.1) is 16.8 Å². The van der Waals surface area contributed by atoms with Crippen LogP contribution >= 0.6 is 0 Å². The molecule has 0 amide bonds. The van der Waals surface area contributed by atoms with Crippen LogP contribution in [0.25, 0.3) is 0 Å². The Hall–Kier alpha value is -1.39. The molecule has 122 valence electrons. The van der Waals surface area contributed by atoms with Gasteiger partial charge < -0.3 is 5.11 Å². The van der Waals surface area contributed by atoms with Crippen molar-refractivity contribution in [1.29, 1.82) is 0 Å². The van der Waals surface area contributed by atoms with Crippen LogP contribution < -0.4 is 0 Å². The maximum absolute atomic E-state index is 12.3. The number of hydrogen-bond donors (Lipinski definition) is 1. The molecule has 0 spiro atoms. The largest absolute Gasteiger partial charge is 0.393 e. The zero-order valence-corrected chi connectivity index (χ0v) is 14.0. The summed E-state index contributed by atoms with van der Waals surface area (Å²) in [6.07, 6.45) is 5.15. The molecule has 1 aromatic rings. The Bertz CT molecular complexity index is 553. The van der Waals surface area contributed by atoms with Crippen molar-refractivity contribution in [1.82, 2.24) is 0 Å². The van der Waals surface area contributed by atoms with Gasteiger partial charge in [-0.15, -0.1) is 13.2 Å². The molecule has 2 atom stereocenters. The van der Waals surface area contributed by atoms with Gasteiger partial charge in [-0.2, -0.15) is 0 Å². The Kier molecular flexibility index (Phi) is 7.56. The van der Waals surface area contributed by atoms with Crippen LogP contribution in [0.15, 0.2) is 60.5 Å². The van der Waals surface area contributed by atoms with Crippen LogP contribution in [0, 0.1) is 11.8 Å². The second kappa shape index (κ2) is 8.91. The van der Waals surface area contributed by atoms with Gasteiger partial charge in [-0.25, -0.2) is 8.42 Å². The molecule has 0 aromatic heterocycles. The smallest absolute Gasteiger partial charge is 0.178 e. The molecule has 3 nitrogen and oxygen atoms in total. The summed E-state index contributed by atoms with van der Waals surface area (Å²) < 4.78 is 24.7. The number of sulfone groups is 1. The van der Waals surface area contributed by atoms with Crippen LogP contribution in [0.1, 0.15) is 26.2 Å². The van der Waals surface area contributed by atoms with Gasteiger partial charge in [0.1, 0.15) is 0 Å². The zero-order valence-electron chi connectivity index (χ0n) is 13.2. The van der Waals surface area contributed by atoms with Gasteiger partial charge in [0.25, 0.3) is 0 Å². The summed E-state index contributed by atoms with van der Waals surface area (Å²) in [5.74, 6) is -0.109. The zero-order chi connectivity index (χ0) is 16.6. The highest BCUT2D eigenvalue weighted by molar-refractivity contribution is 7.91. The van der Waals surface area contributed by atoms with E-state index in [1.165, 1.54) is 0 Å². The van der Waals surface area contributed by atoms with E-state index in [1.807, 2.05) is 12.2 Å². The number of rotatable bonds is 10. The van der Waals surface area contributed by atoms with Crippen molar-refractivity contribution in [3.63, 3.8) is 0 Å². The molecular formula is C18H26O3S. The molecule has 0 bridgehead atoms. The first kappa shape index (κ1) is 18.7. The third-order valence-electron chi connectivity index (χ3n) is 3.82. The predicted molar refractivity (Wildman–Crippen MR) is 91.4 cm³/mol. The molecule has 0 unspecified atom stereocenters. The molecule has 0 saturated carbocycles. The normalized spacial score (nSPS) is 14.5. The maximum atomic E-state index is 12.3. The third kappa shape index (κ3) is 5.78. The lowest BCUT2D eigenvalue weighted by Gasteiger charge is -2.23. The number of hydrogen-bond acceptors (Lipinski definition) is 3. The van der Waals surface area contributed by atoms with E-state index < -0.39 is 15.9 Å². The topological polar surface area (TPSA) is 54.4 Å². The third-order valence-corrected chi connectivity index (χ3v) is 5.77. The van der Waals surface area contributed by atoms with Crippen LogP contribution in [0.2, 0.25) is 0 Å². The van der Waals surface area contributed by atoms with Gasteiger partial charge in [-0.05, 0) is 43.2 Å². The van der Waals surface area contributed by atoms with E-state index in [2.05, 4.69) is 13.2 Å². The molecule has 1 rings (SSSR count). The molecular weight excluding hydrogens is 296 g/mol. The Morgan fingerprint density at radius 2 is 1.68 bits per heavy atom. The fourth-order valence-electron chi connectivity index (χ4n) is 2.52. The van der Waals surface area contributed by atoms with Crippen molar-refractivity contribution in [3.05, 3.63) is 55.6 Å². The van der Waals surface area contributed by atoms with Gasteiger partial charge in [0.2, 0.25) is 0 Å². The molecule has 22 heavy (non-hydrogen) atoms. The maximum Gasteiger partial charge on any atom is 0.178 e. The Morgan fingerprint density at radius 1 is 1.14 bits per heavy atom. The van der Waals surface area contributed by atoms with E-state index in [0.29, 0.717) is 11.3 Å². The van der Waals surface area contributed by atoms with E-state index >= 15 is 0 Å². The molecule has 1 N–H and O–H groups in total. The highest BCUT2D eigenvalue weighted by atomic mass is 32.2. The minimum Gasteiger partial charge on any atom is -0.393 e. The minimum atomic E-state index is -3.37.